The Morgan fingerprint density at radius 3 is 2.65 bits per heavy atom. The summed E-state index contributed by atoms with van der Waals surface area (Å²) in [5.41, 5.74) is 4.15. The van der Waals surface area contributed by atoms with Crippen LogP contribution in [-0.4, -0.2) is 0 Å². The van der Waals surface area contributed by atoms with Gasteiger partial charge in [0.2, 0.25) is 0 Å². The summed E-state index contributed by atoms with van der Waals surface area (Å²) in [4.78, 5) is 0. The van der Waals surface area contributed by atoms with Gasteiger partial charge in [0.15, 0.2) is 0 Å². The molecule has 1 unspecified atom stereocenters. The maximum Gasteiger partial charge on any atom is 0.137 e. The molecule has 20 heavy (non-hydrogen) atoms. The van der Waals surface area contributed by atoms with Gasteiger partial charge >= 0.3 is 0 Å². The Kier molecular flexibility index (Phi) is 3.56. The molecule has 3 aromatic rings. The fourth-order valence-corrected chi connectivity index (χ4v) is 2.43. The van der Waals surface area contributed by atoms with E-state index in [4.69, 9.17) is 10.3 Å². The molecule has 0 radical (unpaired) electrons. The molecular formula is C15H12BrFN2O. The first-order valence-electron chi connectivity index (χ1n) is 6.08. The van der Waals surface area contributed by atoms with Gasteiger partial charge in [0, 0.05) is 5.39 Å². The number of rotatable bonds is 3. The van der Waals surface area contributed by atoms with Gasteiger partial charge in [-0.2, -0.15) is 0 Å². The van der Waals surface area contributed by atoms with Crippen molar-refractivity contribution in [3.05, 3.63) is 70.1 Å². The third kappa shape index (κ3) is 2.35. The Morgan fingerprint density at radius 1 is 1.15 bits per heavy atom. The van der Waals surface area contributed by atoms with E-state index in [0.29, 0.717) is 15.8 Å². The van der Waals surface area contributed by atoms with E-state index in [0.717, 1.165) is 11.0 Å². The van der Waals surface area contributed by atoms with Gasteiger partial charge in [-0.05, 0) is 45.8 Å². The summed E-state index contributed by atoms with van der Waals surface area (Å²) in [6.45, 7) is 0. The minimum atomic E-state index is -0.398. The molecule has 0 aliphatic rings. The van der Waals surface area contributed by atoms with Crippen molar-refractivity contribution in [3.63, 3.8) is 0 Å². The summed E-state index contributed by atoms with van der Waals surface area (Å²) in [5.74, 6) is 5.92. The molecule has 3 N–H and O–H groups in total. The van der Waals surface area contributed by atoms with E-state index in [9.17, 15) is 4.39 Å². The van der Waals surface area contributed by atoms with Crippen LogP contribution in [-0.2, 0) is 0 Å². The zero-order valence-corrected chi connectivity index (χ0v) is 12.0. The predicted octanol–water partition coefficient (Wildman–Crippen LogP) is 3.89. The highest BCUT2D eigenvalue weighted by Crippen LogP contribution is 2.29. The second-order valence-corrected chi connectivity index (χ2v) is 5.31. The highest BCUT2D eigenvalue weighted by molar-refractivity contribution is 9.10. The molecule has 0 aliphatic heterocycles. The van der Waals surface area contributed by atoms with Gasteiger partial charge in [0.05, 0.1) is 4.47 Å². The molecule has 0 spiro atoms. The molecule has 3 nitrogen and oxygen atoms in total. The summed E-state index contributed by atoms with van der Waals surface area (Å²) in [6, 6.07) is 14.1. The number of hydrogen-bond acceptors (Lipinski definition) is 3. The molecule has 0 aliphatic carbocycles. The van der Waals surface area contributed by atoms with Gasteiger partial charge in [-0.1, -0.05) is 24.3 Å². The first-order chi connectivity index (χ1) is 9.69. The molecule has 1 heterocycles. The van der Waals surface area contributed by atoms with Crippen LogP contribution in [0.3, 0.4) is 0 Å². The molecular weight excluding hydrogens is 323 g/mol. The SMILES string of the molecule is NNC(c1ccc(Br)c(F)c1)c1cc2ccccc2o1. The number of benzene rings is 2. The molecule has 0 saturated heterocycles. The summed E-state index contributed by atoms with van der Waals surface area (Å²) in [7, 11) is 0. The van der Waals surface area contributed by atoms with Crippen LogP contribution in [0.1, 0.15) is 17.4 Å². The van der Waals surface area contributed by atoms with Crippen LogP contribution in [0.2, 0.25) is 0 Å². The standard InChI is InChI=1S/C15H12BrFN2O/c16-11-6-5-10(7-12(11)17)15(19-18)14-8-9-3-1-2-4-13(9)20-14/h1-8,15,19H,18H2. The maximum atomic E-state index is 13.7. The van der Waals surface area contributed by atoms with Crippen LogP contribution in [0.5, 0.6) is 0 Å². The molecule has 1 aromatic heterocycles. The van der Waals surface area contributed by atoms with Crippen molar-refractivity contribution in [1.82, 2.24) is 5.43 Å². The monoisotopic (exact) mass is 334 g/mol. The number of para-hydroxylation sites is 1. The number of fused-ring (bicyclic) bond motifs is 1. The number of furan rings is 1. The zero-order chi connectivity index (χ0) is 14.1. The minimum Gasteiger partial charge on any atom is -0.459 e. The third-order valence-corrected chi connectivity index (χ3v) is 3.82. The van der Waals surface area contributed by atoms with Gasteiger partial charge in [-0.3, -0.25) is 5.84 Å². The Morgan fingerprint density at radius 2 is 1.95 bits per heavy atom. The van der Waals surface area contributed by atoms with Crippen molar-refractivity contribution >= 4 is 26.9 Å². The molecule has 0 bridgehead atoms. The van der Waals surface area contributed by atoms with Crippen LogP contribution in [0.25, 0.3) is 11.0 Å². The van der Waals surface area contributed by atoms with Crippen LogP contribution < -0.4 is 11.3 Å². The minimum absolute atomic E-state index is 0.334. The lowest BCUT2D eigenvalue weighted by atomic mass is 10.0. The maximum absolute atomic E-state index is 13.7. The second kappa shape index (κ2) is 5.36. The van der Waals surface area contributed by atoms with Crippen LogP contribution in [0.15, 0.2) is 57.4 Å². The Bertz CT molecular complexity index is 723. The van der Waals surface area contributed by atoms with Crippen LogP contribution in [0.4, 0.5) is 4.39 Å². The van der Waals surface area contributed by atoms with Crippen molar-refractivity contribution < 1.29 is 8.81 Å². The highest BCUT2D eigenvalue weighted by Gasteiger charge is 2.18. The van der Waals surface area contributed by atoms with E-state index in [-0.39, 0.29) is 5.82 Å². The smallest absolute Gasteiger partial charge is 0.137 e. The van der Waals surface area contributed by atoms with E-state index in [2.05, 4.69) is 21.4 Å². The fourth-order valence-electron chi connectivity index (χ4n) is 2.18. The normalized spacial score (nSPS) is 12.8. The molecule has 0 fully saturated rings. The quantitative estimate of drug-likeness (QED) is 0.564. The Labute approximate surface area is 123 Å². The van der Waals surface area contributed by atoms with E-state index < -0.39 is 6.04 Å². The van der Waals surface area contributed by atoms with E-state index >= 15 is 0 Å². The number of nitrogens with two attached hydrogens (primary N) is 1. The summed E-state index contributed by atoms with van der Waals surface area (Å²) >= 11 is 3.13. The molecule has 0 saturated carbocycles. The van der Waals surface area contributed by atoms with Gasteiger partial charge in [-0.15, -0.1) is 0 Å². The van der Waals surface area contributed by atoms with Crippen molar-refractivity contribution in [2.45, 2.75) is 6.04 Å². The zero-order valence-electron chi connectivity index (χ0n) is 10.4. The van der Waals surface area contributed by atoms with Crippen molar-refractivity contribution in [2.24, 2.45) is 5.84 Å². The third-order valence-electron chi connectivity index (χ3n) is 3.17. The second-order valence-electron chi connectivity index (χ2n) is 4.46. The van der Waals surface area contributed by atoms with Crippen LogP contribution in [0, 0.1) is 5.82 Å². The molecule has 0 amide bonds. The average Bonchev–Trinajstić information content (AvgIpc) is 2.87. The van der Waals surface area contributed by atoms with E-state index in [1.54, 1.807) is 12.1 Å². The summed E-state index contributed by atoms with van der Waals surface area (Å²) < 4.78 is 19.8. The lowest BCUT2D eigenvalue weighted by Gasteiger charge is -2.14. The number of hydrazine groups is 1. The van der Waals surface area contributed by atoms with Crippen molar-refractivity contribution in [2.75, 3.05) is 0 Å². The molecule has 5 heteroatoms. The molecule has 1 atom stereocenters. The number of halogens is 2. The molecule has 2 aromatic carbocycles. The molecule has 3 rings (SSSR count). The summed E-state index contributed by atoms with van der Waals surface area (Å²) in [5, 5.41) is 0.986. The predicted molar refractivity (Wildman–Crippen MR) is 79.5 cm³/mol. The van der Waals surface area contributed by atoms with Gasteiger partial charge in [0.25, 0.3) is 0 Å². The Balaban J connectivity index is 2.06. The van der Waals surface area contributed by atoms with Crippen molar-refractivity contribution in [1.29, 1.82) is 0 Å². The van der Waals surface area contributed by atoms with E-state index in [1.165, 1.54) is 6.07 Å². The Hall–Kier alpha value is -1.69. The largest absolute Gasteiger partial charge is 0.459 e. The average molecular weight is 335 g/mol. The van der Waals surface area contributed by atoms with Gasteiger partial charge < -0.3 is 4.42 Å². The highest BCUT2D eigenvalue weighted by atomic mass is 79.9. The lowest BCUT2D eigenvalue weighted by Crippen LogP contribution is -2.28. The van der Waals surface area contributed by atoms with Gasteiger partial charge in [-0.25, -0.2) is 9.82 Å². The van der Waals surface area contributed by atoms with Crippen molar-refractivity contribution in [3.8, 4) is 0 Å². The van der Waals surface area contributed by atoms with Gasteiger partial charge in [0.1, 0.15) is 23.2 Å². The number of nitrogens with one attached hydrogen (secondary N) is 1. The molecule has 102 valence electrons. The van der Waals surface area contributed by atoms with E-state index in [1.807, 2.05) is 30.3 Å². The lowest BCUT2D eigenvalue weighted by molar-refractivity contribution is 0.475. The number of hydrogen-bond donors (Lipinski definition) is 2. The van der Waals surface area contributed by atoms with Crippen LogP contribution >= 0.6 is 15.9 Å². The topological polar surface area (TPSA) is 51.2 Å². The summed E-state index contributed by atoms with van der Waals surface area (Å²) in [6.07, 6.45) is 0. The fraction of sp³-hybridized carbons (Fsp3) is 0.0667. The first-order valence-corrected chi connectivity index (χ1v) is 6.88. The first kappa shape index (κ1) is 13.3.